The minimum Gasteiger partial charge on any atom is -0.372 e. The van der Waals surface area contributed by atoms with Crippen molar-refractivity contribution in [3.63, 3.8) is 0 Å². The van der Waals surface area contributed by atoms with Crippen LogP contribution >= 0.6 is 0 Å². The number of anilines is 2. The van der Waals surface area contributed by atoms with Crippen molar-refractivity contribution in [3.05, 3.63) is 24.3 Å². The fraction of sp³-hybridized carbons (Fsp3) is 0.550. The van der Waals surface area contributed by atoms with Crippen LogP contribution in [0.5, 0.6) is 0 Å². The van der Waals surface area contributed by atoms with Gasteiger partial charge in [-0.15, -0.1) is 0 Å². The molecule has 2 fully saturated rings. The van der Waals surface area contributed by atoms with Crippen LogP contribution in [0.1, 0.15) is 39.5 Å². The highest BCUT2D eigenvalue weighted by Gasteiger charge is 2.38. The fourth-order valence-electron chi connectivity index (χ4n) is 3.61. The van der Waals surface area contributed by atoms with Crippen LogP contribution in [-0.2, 0) is 9.59 Å². The average Bonchev–Trinajstić information content (AvgIpc) is 2.90. The summed E-state index contributed by atoms with van der Waals surface area (Å²) >= 11 is 0. The first kappa shape index (κ1) is 19.2. The summed E-state index contributed by atoms with van der Waals surface area (Å²) in [5, 5.41) is 5.41. The van der Waals surface area contributed by atoms with E-state index in [1.54, 1.807) is 0 Å². The van der Waals surface area contributed by atoms with Gasteiger partial charge in [0.25, 0.3) is 5.91 Å². The third-order valence-electron chi connectivity index (χ3n) is 4.99. The monoisotopic (exact) mass is 372 g/mol. The van der Waals surface area contributed by atoms with E-state index in [9.17, 15) is 14.4 Å². The Morgan fingerprint density at radius 3 is 2.44 bits per heavy atom. The Morgan fingerprint density at radius 2 is 1.81 bits per heavy atom. The second-order valence-corrected chi connectivity index (χ2v) is 7.70. The van der Waals surface area contributed by atoms with Crippen molar-refractivity contribution in [1.29, 1.82) is 0 Å². The van der Waals surface area contributed by atoms with E-state index in [1.165, 1.54) is 19.3 Å². The molecule has 1 atom stereocenters. The lowest BCUT2D eigenvalue weighted by atomic mass is 10.0. The molecule has 1 aromatic rings. The molecule has 3 rings (SSSR count). The number of piperidine rings is 1. The zero-order valence-electron chi connectivity index (χ0n) is 16.0. The lowest BCUT2D eigenvalue weighted by molar-refractivity contribution is -0.131. The number of carbonyl (C=O) groups excluding carboxylic acids is 3. The Morgan fingerprint density at radius 1 is 1.15 bits per heavy atom. The topological polar surface area (TPSA) is 81.8 Å². The molecule has 2 saturated heterocycles. The zero-order valence-corrected chi connectivity index (χ0v) is 16.0. The predicted molar refractivity (Wildman–Crippen MR) is 105 cm³/mol. The molecule has 0 spiro atoms. The van der Waals surface area contributed by atoms with Crippen LogP contribution in [0.3, 0.4) is 0 Å². The summed E-state index contributed by atoms with van der Waals surface area (Å²) < 4.78 is 0. The molecule has 2 aliphatic heterocycles. The Hall–Kier alpha value is -2.57. The van der Waals surface area contributed by atoms with E-state index >= 15 is 0 Å². The maximum Gasteiger partial charge on any atom is 0.325 e. The van der Waals surface area contributed by atoms with Gasteiger partial charge in [-0.2, -0.15) is 0 Å². The molecule has 2 N–H and O–H groups in total. The number of carbonyl (C=O) groups is 3. The van der Waals surface area contributed by atoms with Crippen LogP contribution in [0.4, 0.5) is 16.2 Å². The Labute approximate surface area is 160 Å². The number of hydrogen-bond acceptors (Lipinski definition) is 4. The largest absolute Gasteiger partial charge is 0.372 e. The summed E-state index contributed by atoms with van der Waals surface area (Å²) in [6, 6.07) is 6.67. The first-order valence-electron chi connectivity index (χ1n) is 9.71. The molecule has 4 amide bonds. The van der Waals surface area contributed by atoms with Crippen molar-refractivity contribution in [2.45, 2.75) is 45.6 Å². The Balaban J connectivity index is 1.54. The summed E-state index contributed by atoms with van der Waals surface area (Å²) in [5.74, 6) is -0.426. The second kappa shape index (κ2) is 8.41. The molecule has 0 saturated carbocycles. The van der Waals surface area contributed by atoms with Gasteiger partial charge in [0, 0.05) is 24.5 Å². The molecule has 0 aromatic heterocycles. The fourth-order valence-corrected chi connectivity index (χ4v) is 3.61. The molecule has 0 aliphatic carbocycles. The third kappa shape index (κ3) is 4.78. The quantitative estimate of drug-likeness (QED) is 0.752. The molecule has 0 radical (unpaired) electrons. The number of nitrogens with zero attached hydrogens (tertiary/aromatic N) is 2. The SMILES string of the molecule is CC(C)CC1NC(=O)N(CC(=O)Nc2ccc(N3CCCCC3)cc2)C1=O. The molecule has 2 heterocycles. The minimum absolute atomic E-state index is 0.271. The van der Waals surface area contributed by atoms with Gasteiger partial charge < -0.3 is 15.5 Å². The van der Waals surface area contributed by atoms with Crippen molar-refractivity contribution in [3.8, 4) is 0 Å². The van der Waals surface area contributed by atoms with Gasteiger partial charge in [0.2, 0.25) is 5.91 Å². The van der Waals surface area contributed by atoms with E-state index in [4.69, 9.17) is 0 Å². The summed E-state index contributed by atoms with van der Waals surface area (Å²) in [6.45, 7) is 5.84. The summed E-state index contributed by atoms with van der Waals surface area (Å²) in [6.07, 6.45) is 4.27. The maximum atomic E-state index is 12.3. The number of hydrogen-bond donors (Lipinski definition) is 2. The van der Waals surface area contributed by atoms with Crippen LogP contribution in [0, 0.1) is 5.92 Å². The third-order valence-corrected chi connectivity index (χ3v) is 4.99. The van der Waals surface area contributed by atoms with E-state index in [0.29, 0.717) is 12.1 Å². The number of amides is 4. The number of imide groups is 1. The van der Waals surface area contributed by atoms with Crippen molar-refractivity contribution in [2.75, 3.05) is 29.9 Å². The highest BCUT2D eigenvalue weighted by molar-refractivity contribution is 6.07. The van der Waals surface area contributed by atoms with Gasteiger partial charge in [-0.3, -0.25) is 14.5 Å². The van der Waals surface area contributed by atoms with E-state index in [0.717, 1.165) is 23.7 Å². The van der Waals surface area contributed by atoms with Crippen LogP contribution < -0.4 is 15.5 Å². The molecule has 27 heavy (non-hydrogen) atoms. The molecule has 1 aromatic carbocycles. The van der Waals surface area contributed by atoms with Crippen LogP contribution in [-0.4, -0.2) is 48.4 Å². The summed E-state index contributed by atoms with van der Waals surface area (Å²) in [4.78, 5) is 39.9. The number of nitrogens with one attached hydrogen (secondary N) is 2. The number of benzene rings is 1. The van der Waals surface area contributed by atoms with Gasteiger partial charge in [0.1, 0.15) is 12.6 Å². The molecular formula is C20H28N4O3. The highest BCUT2D eigenvalue weighted by Crippen LogP contribution is 2.22. The van der Waals surface area contributed by atoms with Crippen LogP contribution in [0.15, 0.2) is 24.3 Å². The second-order valence-electron chi connectivity index (χ2n) is 7.70. The lowest BCUT2D eigenvalue weighted by Gasteiger charge is -2.28. The van der Waals surface area contributed by atoms with Crippen LogP contribution in [0.25, 0.3) is 0 Å². The molecule has 146 valence electrons. The van der Waals surface area contributed by atoms with Crippen molar-refractivity contribution in [2.24, 2.45) is 5.92 Å². The minimum atomic E-state index is -0.533. The summed E-state index contributed by atoms with van der Waals surface area (Å²) in [5.41, 5.74) is 1.81. The van der Waals surface area contributed by atoms with Gasteiger partial charge in [-0.1, -0.05) is 13.8 Å². The lowest BCUT2D eigenvalue weighted by Crippen LogP contribution is -2.38. The standard InChI is InChI=1S/C20H28N4O3/c1-14(2)12-17-19(26)24(20(27)22-17)13-18(25)21-15-6-8-16(9-7-15)23-10-4-3-5-11-23/h6-9,14,17H,3-5,10-13H2,1-2H3,(H,21,25)(H,22,27). The van der Waals surface area contributed by atoms with E-state index in [2.05, 4.69) is 15.5 Å². The zero-order chi connectivity index (χ0) is 19.4. The first-order chi connectivity index (χ1) is 12.9. The number of urea groups is 1. The predicted octanol–water partition coefficient (Wildman–Crippen LogP) is 2.58. The van der Waals surface area contributed by atoms with Gasteiger partial charge in [-0.05, 0) is 55.9 Å². The van der Waals surface area contributed by atoms with Gasteiger partial charge in [0.05, 0.1) is 0 Å². The van der Waals surface area contributed by atoms with E-state index < -0.39 is 12.1 Å². The summed E-state index contributed by atoms with van der Waals surface area (Å²) in [7, 11) is 0. The molecule has 0 bridgehead atoms. The van der Waals surface area contributed by atoms with E-state index in [-0.39, 0.29) is 24.3 Å². The van der Waals surface area contributed by atoms with Crippen molar-refractivity contribution >= 4 is 29.2 Å². The van der Waals surface area contributed by atoms with Crippen molar-refractivity contribution < 1.29 is 14.4 Å². The first-order valence-corrected chi connectivity index (χ1v) is 9.71. The molecule has 7 heteroatoms. The molecule has 2 aliphatic rings. The van der Waals surface area contributed by atoms with E-state index in [1.807, 2.05) is 38.1 Å². The highest BCUT2D eigenvalue weighted by atomic mass is 16.2. The van der Waals surface area contributed by atoms with Crippen LogP contribution in [0.2, 0.25) is 0 Å². The molecule has 7 nitrogen and oxygen atoms in total. The average molecular weight is 372 g/mol. The molecule has 1 unspecified atom stereocenters. The Bertz CT molecular complexity index is 696. The maximum absolute atomic E-state index is 12.3. The van der Waals surface area contributed by atoms with Gasteiger partial charge in [0.15, 0.2) is 0 Å². The normalized spacial score (nSPS) is 20.2. The Kier molecular flexibility index (Phi) is 5.98. The van der Waals surface area contributed by atoms with Crippen molar-refractivity contribution in [1.82, 2.24) is 10.2 Å². The van der Waals surface area contributed by atoms with Gasteiger partial charge in [-0.25, -0.2) is 4.79 Å². The van der Waals surface area contributed by atoms with Gasteiger partial charge >= 0.3 is 6.03 Å². The smallest absolute Gasteiger partial charge is 0.325 e. The number of rotatable bonds is 6. The molecular weight excluding hydrogens is 344 g/mol.